The molecule has 0 bridgehead atoms. The minimum absolute atomic E-state index is 0.123. The topological polar surface area (TPSA) is 98.8 Å². The van der Waals surface area contributed by atoms with E-state index in [0.717, 1.165) is 9.87 Å². The van der Waals surface area contributed by atoms with Crippen LogP contribution in [0.3, 0.4) is 0 Å². The summed E-state index contributed by atoms with van der Waals surface area (Å²) in [5.41, 5.74) is 1.92. The molecule has 2 aromatic rings. The molecular formula is C23H30N4O4S. The fourth-order valence-corrected chi connectivity index (χ4v) is 4.87. The van der Waals surface area contributed by atoms with Crippen molar-refractivity contribution in [2.24, 2.45) is 5.92 Å². The summed E-state index contributed by atoms with van der Waals surface area (Å²) in [7, 11) is -0.616. The van der Waals surface area contributed by atoms with E-state index in [1.807, 2.05) is 30.3 Å². The van der Waals surface area contributed by atoms with Crippen molar-refractivity contribution in [2.45, 2.75) is 19.3 Å². The highest BCUT2D eigenvalue weighted by atomic mass is 32.2. The second kappa shape index (κ2) is 10.7. The van der Waals surface area contributed by atoms with Crippen molar-refractivity contribution in [3.8, 4) is 0 Å². The lowest BCUT2D eigenvalue weighted by atomic mass is 9.98. The second-order valence-electron chi connectivity index (χ2n) is 8.01. The quantitative estimate of drug-likeness (QED) is 0.633. The Kier molecular flexibility index (Phi) is 8.00. The lowest BCUT2D eigenvalue weighted by Crippen LogP contribution is -2.47. The number of piperidine rings is 1. The molecule has 1 saturated heterocycles. The molecule has 0 aromatic heterocycles. The van der Waals surface area contributed by atoms with Crippen molar-refractivity contribution < 1.29 is 18.0 Å². The van der Waals surface area contributed by atoms with E-state index in [-0.39, 0.29) is 18.4 Å². The molecule has 0 unspecified atom stereocenters. The summed E-state index contributed by atoms with van der Waals surface area (Å²) in [5, 5.41) is 5.73. The number of nitrogens with one attached hydrogen (secondary N) is 2. The van der Waals surface area contributed by atoms with E-state index < -0.39 is 16.1 Å². The Bertz CT molecular complexity index is 1040. The van der Waals surface area contributed by atoms with Crippen molar-refractivity contribution in [1.82, 2.24) is 13.9 Å². The summed E-state index contributed by atoms with van der Waals surface area (Å²) >= 11 is 0. The molecule has 32 heavy (non-hydrogen) atoms. The molecule has 0 aliphatic carbocycles. The Morgan fingerprint density at radius 2 is 1.75 bits per heavy atom. The molecule has 2 N–H and O–H groups in total. The van der Waals surface area contributed by atoms with Gasteiger partial charge in [-0.15, -0.1) is 0 Å². The summed E-state index contributed by atoms with van der Waals surface area (Å²) in [6.07, 6.45) is 1.91. The Labute approximate surface area is 189 Å². The Morgan fingerprint density at radius 1 is 1.06 bits per heavy atom. The Balaban J connectivity index is 1.62. The maximum Gasteiger partial charge on any atom is 0.281 e. The van der Waals surface area contributed by atoms with Crippen LogP contribution in [0.1, 0.15) is 28.8 Å². The zero-order valence-electron chi connectivity index (χ0n) is 18.5. The monoisotopic (exact) mass is 458 g/mol. The third-order valence-corrected chi connectivity index (χ3v) is 7.42. The molecule has 8 nitrogen and oxygen atoms in total. The molecule has 1 heterocycles. The number of hydrogen-bond acceptors (Lipinski definition) is 4. The Morgan fingerprint density at radius 3 is 2.47 bits per heavy atom. The van der Waals surface area contributed by atoms with Gasteiger partial charge in [0.1, 0.15) is 0 Å². The standard InChI is InChI=1S/C23H30N4O4S/c1-26(2)32(30,31)27-16-8-11-19(17-27)22(28)25-21-13-7-6-12-20(21)23(29)24-15-14-18-9-4-3-5-10-18/h3-7,9-10,12-13,19H,8,11,14-17H2,1-2H3,(H,24,29)(H,25,28)/t19-/m0/s1. The highest BCUT2D eigenvalue weighted by Crippen LogP contribution is 2.23. The Hall–Kier alpha value is -2.75. The van der Waals surface area contributed by atoms with E-state index in [1.165, 1.54) is 18.4 Å². The zero-order valence-corrected chi connectivity index (χ0v) is 19.3. The molecule has 9 heteroatoms. The fraction of sp³-hybridized carbons (Fsp3) is 0.391. The van der Waals surface area contributed by atoms with Crippen LogP contribution in [0.25, 0.3) is 0 Å². The number of hydrogen-bond donors (Lipinski definition) is 2. The van der Waals surface area contributed by atoms with E-state index >= 15 is 0 Å². The summed E-state index contributed by atoms with van der Waals surface area (Å²) < 4.78 is 27.3. The van der Waals surface area contributed by atoms with Crippen LogP contribution in [-0.4, -0.2) is 62.6 Å². The number of benzene rings is 2. The molecule has 1 aliphatic rings. The average Bonchev–Trinajstić information content (AvgIpc) is 2.80. The predicted molar refractivity (Wildman–Crippen MR) is 124 cm³/mol. The number of rotatable bonds is 8. The van der Waals surface area contributed by atoms with Crippen LogP contribution in [0, 0.1) is 5.92 Å². The molecular weight excluding hydrogens is 428 g/mol. The van der Waals surface area contributed by atoms with Crippen LogP contribution in [-0.2, 0) is 21.4 Å². The van der Waals surface area contributed by atoms with Gasteiger partial charge in [0.05, 0.1) is 17.2 Å². The number of carbonyl (C=O) groups is 2. The maximum atomic E-state index is 12.9. The number of anilines is 1. The van der Waals surface area contributed by atoms with Gasteiger partial charge in [-0.3, -0.25) is 9.59 Å². The molecule has 1 aliphatic heterocycles. The third kappa shape index (κ3) is 5.93. The van der Waals surface area contributed by atoms with Crippen LogP contribution in [0.15, 0.2) is 54.6 Å². The van der Waals surface area contributed by atoms with Gasteiger partial charge in [0.15, 0.2) is 0 Å². The van der Waals surface area contributed by atoms with Crippen LogP contribution in [0.5, 0.6) is 0 Å². The van der Waals surface area contributed by atoms with Gasteiger partial charge >= 0.3 is 0 Å². The first-order chi connectivity index (χ1) is 15.3. The summed E-state index contributed by atoms with van der Waals surface area (Å²) in [6, 6.07) is 16.7. The number of nitrogens with zero attached hydrogens (tertiary/aromatic N) is 2. The number of carbonyl (C=O) groups excluding carboxylic acids is 2. The van der Waals surface area contributed by atoms with Gasteiger partial charge in [-0.1, -0.05) is 42.5 Å². The average molecular weight is 459 g/mol. The van der Waals surface area contributed by atoms with Gasteiger partial charge < -0.3 is 10.6 Å². The van der Waals surface area contributed by atoms with Crippen molar-refractivity contribution >= 4 is 27.7 Å². The number of amides is 2. The normalized spacial score (nSPS) is 17.2. The van der Waals surface area contributed by atoms with Crippen molar-refractivity contribution in [2.75, 3.05) is 39.0 Å². The lowest BCUT2D eigenvalue weighted by molar-refractivity contribution is -0.120. The van der Waals surface area contributed by atoms with Crippen LogP contribution in [0.2, 0.25) is 0 Å². The molecule has 0 spiro atoms. The van der Waals surface area contributed by atoms with Gasteiger partial charge in [-0.05, 0) is 37.0 Å². The second-order valence-corrected chi connectivity index (χ2v) is 10.2. The van der Waals surface area contributed by atoms with Crippen LogP contribution < -0.4 is 10.6 Å². The van der Waals surface area contributed by atoms with E-state index in [1.54, 1.807) is 24.3 Å². The van der Waals surface area contributed by atoms with E-state index in [0.29, 0.717) is 43.6 Å². The molecule has 2 aromatic carbocycles. The summed E-state index contributed by atoms with van der Waals surface area (Å²) in [5.74, 6) is -1.03. The first-order valence-corrected chi connectivity index (χ1v) is 12.1. The first kappa shape index (κ1) is 23.9. The van der Waals surface area contributed by atoms with Crippen LogP contribution >= 0.6 is 0 Å². The van der Waals surface area contributed by atoms with Gasteiger partial charge in [0.25, 0.3) is 16.1 Å². The summed E-state index contributed by atoms with van der Waals surface area (Å²) in [4.78, 5) is 25.6. The van der Waals surface area contributed by atoms with Gasteiger partial charge in [0.2, 0.25) is 5.91 Å². The van der Waals surface area contributed by atoms with E-state index in [9.17, 15) is 18.0 Å². The molecule has 0 radical (unpaired) electrons. The predicted octanol–water partition coefficient (Wildman–Crippen LogP) is 2.12. The smallest absolute Gasteiger partial charge is 0.281 e. The largest absolute Gasteiger partial charge is 0.352 e. The highest BCUT2D eigenvalue weighted by molar-refractivity contribution is 7.86. The van der Waals surface area contributed by atoms with Crippen molar-refractivity contribution in [3.63, 3.8) is 0 Å². The van der Waals surface area contributed by atoms with Gasteiger partial charge in [-0.2, -0.15) is 17.0 Å². The van der Waals surface area contributed by atoms with Crippen molar-refractivity contribution in [1.29, 1.82) is 0 Å². The lowest BCUT2D eigenvalue weighted by Gasteiger charge is -2.32. The molecule has 2 amide bonds. The SMILES string of the molecule is CN(C)S(=O)(=O)N1CCC[C@H](C(=O)Nc2ccccc2C(=O)NCCc2ccccc2)C1. The third-order valence-electron chi connectivity index (χ3n) is 5.51. The maximum absolute atomic E-state index is 12.9. The van der Waals surface area contributed by atoms with Gasteiger partial charge in [0, 0.05) is 33.7 Å². The minimum Gasteiger partial charge on any atom is -0.352 e. The summed E-state index contributed by atoms with van der Waals surface area (Å²) in [6.45, 7) is 0.994. The van der Waals surface area contributed by atoms with Crippen LogP contribution in [0.4, 0.5) is 5.69 Å². The highest BCUT2D eigenvalue weighted by Gasteiger charge is 2.33. The molecule has 1 fully saturated rings. The zero-order chi connectivity index (χ0) is 23.1. The fourth-order valence-electron chi connectivity index (χ4n) is 3.68. The van der Waals surface area contributed by atoms with E-state index in [2.05, 4.69) is 10.6 Å². The first-order valence-electron chi connectivity index (χ1n) is 10.7. The molecule has 0 saturated carbocycles. The molecule has 1 atom stereocenters. The molecule has 172 valence electrons. The van der Waals surface area contributed by atoms with E-state index in [4.69, 9.17) is 0 Å². The van der Waals surface area contributed by atoms with Gasteiger partial charge in [-0.25, -0.2) is 0 Å². The number of para-hydroxylation sites is 1. The van der Waals surface area contributed by atoms with Crippen molar-refractivity contribution in [3.05, 3.63) is 65.7 Å². The molecule has 3 rings (SSSR count). The minimum atomic E-state index is -3.57.